The molecule has 2 N–H and O–H groups in total. The Bertz CT molecular complexity index is 1080. The molecule has 0 bridgehead atoms. The monoisotopic (exact) mass is 422 g/mol. The van der Waals surface area contributed by atoms with Gasteiger partial charge in [0.25, 0.3) is 5.91 Å². The zero-order valence-electron chi connectivity index (χ0n) is 14.4. The van der Waals surface area contributed by atoms with E-state index >= 15 is 0 Å². The number of hydrogen-bond donors (Lipinski definition) is 2. The summed E-state index contributed by atoms with van der Waals surface area (Å²) in [5, 5.41) is 19.9. The number of carbonyl (C=O) groups excluding carboxylic acids is 1. The minimum absolute atomic E-state index is 0.0137. The first kappa shape index (κ1) is 19.8. The second-order valence-electron chi connectivity index (χ2n) is 5.88. The highest BCUT2D eigenvalue weighted by molar-refractivity contribution is 6.42. The van der Waals surface area contributed by atoms with Gasteiger partial charge >= 0.3 is 5.97 Å². The lowest BCUT2D eigenvalue weighted by Gasteiger charge is -2.07. The first-order chi connectivity index (χ1) is 13.3. The Kier molecular flexibility index (Phi) is 5.62. The van der Waals surface area contributed by atoms with Crippen molar-refractivity contribution >= 4 is 40.8 Å². The lowest BCUT2D eigenvalue weighted by Crippen LogP contribution is -2.16. The van der Waals surface area contributed by atoms with Crippen LogP contribution in [0.3, 0.4) is 0 Å². The van der Waals surface area contributed by atoms with E-state index in [1.165, 1.54) is 4.68 Å². The molecule has 0 atom stereocenters. The highest BCUT2D eigenvalue weighted by Crippen LogP contribution is 2.23. The Morgan fingerprint density at radius 1 is 1.18 bits per heavy atom. The number of anilines is 1. The molecule has 10 heteroatoms. The third kappa shape index (κ3) is 4.13. The molecule has 1 heterocycles. The summed E-state index contributed by atoms with van der Waals surface area (Å²) in [6.45, 7) is 1.93. The van der Waals surface area contributed by atoms with Crippen LogP contribution in [0.5, 0.6) is 0 Å². The van der Waals surface area contributed by atoms with Gasteiger partial charge in [0.1, 0.15) is 5.82 Å². The van der Waals surface area contributed by atoms with E-state index in [9.17, 15) is 14.0 Å². The molecule has 28 heavy (non-hydrogen) atoms. The molecular formula is C18H13Cl2FN4O3. The molecule has 0 fully saturated rings. The molecule has 0 saturated heterocycles. The van der Waals surface area contributed by atoms with Gasteiger partial charge in [-0.3, -0.25) is 4.79 Å². The van der Waals surface area contributed by atoms with Crippen molar-refractivity contribution in [2.75, 3.05) is 5.32 Å². The molecule has 7 nitrogen and oxygen atoms in total. The predicted molar refractivity (Wildman–Crippen MR) is 102 cm³/mol. The zero-order chi connectivity index (χ0) is 20.4. The second kappa shape index (κ2) is 7.95. The number of hydrogen-bond acceptors (Lipinski definition) is 4. The van der Waals surface area contributed by atoms with Crippen molar-refractivity contribution in [2.24, 2.45) is 0 Å². The Balaban J connectivity index is 1.81. The number of carbonyl (C=O) groups is 2. The van der Waals surface area contributed by atoms with Gasteiger partial charge < -0.3 is 10.4 Å². The summed E-state index contributed by atoms with van der Waals surface area (Å²) in [4.78, 5) is 23.5. The van der Waals surface area contributed by atoms with E-state index in [4.69, 9.17) is 28.3 Å². The molecule has 0 radical (unpaired) electrons. The molecule has 0 saturated carbocycles. The van der Waals surface area contributed by atoms with Crippen molar-refractivity contribution in [3.8, 4) is 0 Å². The molecule has 0 aliphatic carbocycles. The van der Waals surface area contributed by atoms with Crippen LogP contribution in [-0.4, -0.2) is 32.0 Å². The van der Waals surface area contributed by atoms with Gasteiger partial charge in [-0.1, -0.05) is 34.5 Å². The Morgan fingerprint density at radius 2 is 1.93 bits per heavy atom. The standard InChI is InChI=1S/C18H13Cl2FN4O3/c1-9-16(17(26)22-15-7-11(18(27)28)3-5-14(15)21)23-24-25(9)8-10-2-4-12(19)13(20)6-10/h2-7H,8H2,1H3,(H,22,26)(H,27,28). The number of aromatic carboxylic acids is 1. The summed E-state index contributed by atoms with van der Waals surface area (Å²) >= 11 is 11.9. The van der Waals surface area contributed by atoms with Crippen LogP contribution >= 0.6 is 23.2 Å². The van der Waals surface area contributed by atoms with Crippen LogP contribution in [0.4, 0.5) is 10.1 Å². The fraction of sp³-hybridized carbons (Fsp3) is 0.111. The zero-order valence-corrected chi connectivity index (χ0v) is 15.9. The minimum Gasteiger partial charge on any atom is -0.478 e. The largest absolute Gasteiger partial charge is 0.478 e. The highest BCUT2D eigenvalue weighted by Gasteiger charge is 2.19. The number of rotatable bonds is 5. The van der Waals surface area contributed by atoms with Gasteiger partial charge in [-0.15, -0.1) is 5.10 Å². The quantitative estimate of drug-likeness (QED) is 0.646. The fourth-order valence-electron chi connectivity index (χ4n) is 2.47. The molecule has 144 valence electrons. The van der Waals surface area contributed by atoms with Crippen LogP contribution in [0.2, 0.25) is 10.0 Å². The number of halogens is 3. The summed E-state index contributed by atoms with van der Waals surface area (Å²) in [5.74, 6) is -2.71. The van der Waals surface area contributed by atoms with E-state index < -0.39 is 17.7 Å². The third-order valence-corrected chi connectivity index (χ3v) is 4.71. The average molecular weight is 423 g/mol. The predicted octanol–water partition coefficient (Wildman–Crippen LogP) is 4.03. The van der Waals surface area contributed by atoms with Crippen molar-refractivity contribution in [3.05, 3.63) is 74.8 Å². The SMILES string of the molecule is Cc1c(C(=O)Nc2cc(C(=O)O)ccc2F)nnn1Cc1ccc(Cl)c(Cl)c1. The van der Waals surface area contributed by atoms with E-state index in [0.29, 0.717) is 22.3 Å². The summed E-state index contributed by atoms with van der Waals surface area (Å²) in [5.41, 5.74) is 0.813. The van der Waals surface area contributed by atoms with Crippen LogP contribution in [0, 0.1) is 12.7 Å². The van der Waals surface area contributed by atoms with E-state index in [-0.39, 0.29) is 16.9 Å². The first-order valence-corrected chi connectivity index (χ1v) is 8.70. The molecule has 3 rings (SSSR count). The van der Waals surface area contributed by atoms with Crippen LogP contribution < -0.4 is 5.32 Å². The van der Waals surface area contributed by atoms with Crippen LogP contribution in [0.25, 0.3) is 0 Å². The summed E-state index contributed by atoms with van der Waals surface area (Å²) < 4.78 is 15.4. The van der Waals surface area contributed by atoms with Crippen molar-refractivity contribution < 1.29 is 19.1 Å². The molecule has 3 aromatic rings. The fourth-order valence-corrected chi connectivity index (χ4v) is 2.79. The van der Waals surface area contributed by atoms with Gasteiger partial charge in [0.05, 0.1) is 33.5 Å². The highest BCUT2D eigenvalue weighted by atomic mass is 35.5. The summed E-state index contributed by atoms with van der Waals surface area (Å²) in [7, 11) is 0. The molecule has 0 aliphatic heterocycles. The number of aromatic nitrogens is 3. The van der Waals surface area contributed by atoms with Gasteiger partial charge in [0.15, 0.2) is 5.69 Å². The Morgan fingerprint density at radius 3 is 2.61 bits per heavy atom. The van der Waals surface area contributed by atoms with Crippen molar-refractivity contribution in [2.45, 2.75) is 13.5 Å². The maximum absolute atomic E-state index is 13.9. The van der Waals surface area contributed by atoms with Gasteiger partial charge in [-0.25, -0.2) is 13.9 Å². The van der Waals surface area contributed by atoms with Crippen LogP contribution in [0.1, 0.15) is 32.1 Å². The molecule has 1 aromatic heterocycles. The molecule has 0 unspecified atom stereocenters. The smallest absolute Gasteiger partial charge is 0.335 e. The third-order valence-electron chi connectivity index (χ3n) is 3.98. The number of carboxylic acid groups (broad SMARTS) is 1. The number of benzene rings is 2. The van der Waals surface area contributed by atoms with Crippen molar-refractivity contribution in [1.82, 2.24) is 15.0 Å². The number of nitrogens with one attached hydrogen (secondary N) is 1. The molecule has 0 aliphatic rings. The van der Waals surface area contributed by atoms with E-state index in [1.807, 2.05) is 0 Å². The van der Waals surface area contributed by atoms with Gasteiger partial charge in [0, 0.05) is 0 Å². The number of nitrogens with zero attached hydrogens (tertiary/aromatic N) is 3. The maximum atomic E-state index is 13.9. The molecular weight excluding hydrogens is 410 g/mol. The van der Waals surface area contributed by atoms with Gasteiger partial charge in [0.2, 0.25) is 0 Å². The molecule has 2 aromatic carbocycles. The van der Waals surface area contributed by atoms with Gasteiger partial charge in [-0.2, -0.15) is 0 Å². The number of carboxylic acids is 1. The minimum atomic E-state index is -1.24. The van der Waals surface area contributed by atoms with E-state index in [2.05, 4.69) is 15.6 Å². The van der Waals surface area contributed by atoms with Crippen molar-refractivity contribution in [3.63, 3.8) is 0 Å². The van der Waals surface area contributed by atoms with Crippen LogP contribution in [0.15, 0.2) is 36.4 Å². The second-order valence-corrected chi connectivity index (χ2v) is 6.70. The van der Waals surface area contributed by atoms with E-state index in [1.54, 1.807) is 25.1 Å². The molecule has 1 amide bonds. The van der Waals surface area contributed by atoms with Crippen LogP contribution in [-0.2, 0) is 6.54 Å². The van der Waals surface area contributed by atoms with E-state index in [0.717, 1.165) is 23.8 Å². The Labute approximate surface area is 168 Å². The lowest BCUT2D eigenvalue weighted by molar-refractivity contribution is 0.0696. The first-order valence-electron chi connectivity index (χ1n) is 7.94. The van der Waals surface area contributed by atoms with Crippen molar-refractivity contribution in [1.29, 1.82) is 0 Å². The average Bonchev–Trinajstić information content (AvgIpc) is 3.00. The lowest BCUT2D eigenvalue weighted by atomic mass is 10.2. The normalized spacial score (nSPS) is 10.7. The van der Waals surface area contributed by atoms with Gasteiger partial charge in [-0.05, 0) is 42.8 Å². The maximum Gasteiger partial charge on any atom is 0.335 e. The number of amides is 1. The molecule has 0 spiro atoms. The summed E-state index contributed by atoms with van der Waals surface area (Å²) in [6.07, 6.45) is 0. The summed E-state index contributed by atoms with van der Waals surface area (Å²) in [6, 6.07) is 8.20. The Hall–Kier alpha value is -2.97. The topological polar surface area (TPSA) is 97.1 Å².